The van der Waals surface area contributed by atoms with Gasteiger partial charge in [0.1, 0.15) is 0 Å². The Morgan fingerprint density at radius 1 is 0.816 bits per heavy atom. The normalized spacial score (nSPS) is 49.1. The van der Waals surface area contributed by atoms with Gasteiger partial charge in [0.2, 0.25) is 6.79 Å². The van der Waals surface area contributed by atoms with Crippen LogP contribution in [0.3, 0.4) is 0 Å². The first kappa shape index (κ1) is 28.2. The van der Waals surface area contributed by atoms with Gasteiger partial charge >= 0.3 is 11.9 Å². The number of allylic oxidation sites excluding steroid dienone is 1. The summed E-state index contributed by atoms with van der Waals surface area (Å²) in [5.41, 5.74) is 1.23. The minimum Gasteiger partial charge on any atom is -0.428 e. The summed E-state index contributed by atoms with van der Waals surface area (Å²) in [5, 5.41) is 11.0. The Balaban J connectivity index is 1.50. The standard InChI is InChI=1S/C33H52O5/c1-20(2)22-11-16-33(28(36)38-19-37-21(3)34)18-17-31(7)23(27(22)33)9-10-25-30(6)14-13-26(35)29(4,5)24(30)12-15-32(25,31)8/h22-27,35H,1,9-19H2,2-8H3/t22-,23+,24-,25+,26+,27+,30-,31+,32+,33-/m0/s1. The second-order valence-corrected chi connectivity index (χ2v) is 15.4. The molecule has 0 aromatic heterocycles. The fourth-order valence-electron chi connectivity index (χ4n) is 11.8. The van der Waals surface area contributed by atoms with Crippen LogP contribution in [0.1, 0.15) is 113 Å². The summed E-state index contributed by atoms with van der Waals surface area (Å²) in [6.07, 6.45) is 10.3. The molecule has 0 bridgehead atoms. The highest BCUT2D eigenvalue weighted by Crippen LogP contribution is 2.77. The molecule has 5 aliphatic carbocycles. The number of rotatable bonds is 4. The van der Waals surface area contributed by atoms with E-state index in [2.05, 4.69) is 48.1 Å². The number of fused-ring (bicyclic) bond motifs is 7. The number of hydrogen-bond donors (Lipinski definition) is 1. The Bertz CT molecular complexity index is 1000. The average molecular weight is 529 g/mol. The predicted octanol–water partition coefficient (Wildman–Crippen LogP) is 7.07. The third-order valence-electron chi connectivity index (χ3n) is 13.9. The first-order chi connectivity index (χ1) is 17.6. The molecular formula is C33H52O5. The molecule has 0 heterocycles. The van der Waals surface area contributed by atoms with Gasteiger partial charge in [-0.05, 0) is 122 Å². The van der Waals surface area contributed by atoms with E-state index >= 15 is 0 Å². The van der Waals surface area contributed by atoms with E-state index in [4.69, 9.17) is 9.47 Å². The molecule has 0 aromatic carbocycles. The molecule has 10 atom stereocenters. The molecule has 38 heavy (non-hydrogen) atoms. The van der Waals surface area contributed by atoms with Crippen LogP contribution in [0.2, 0.25) is 0 Å². The first-order valence-electron chi connectivity index (χ1n) is 15.3. The van der Waals surface area contributed by atoms with Crippen molar-refractivity contribution in [3.05, 3.63) is 12.2 Å². The zero-order chi connectivity index (χ0) is 27.9. The summed E-state index contributed by atoms with van der Waals surface area (Å²) in [6, 6.07) is 0. The van der Waals surface area contributed by atoms with E-state index in [1.807, 2.05) is 0 Å². The van der Waals surface area contributed by atoms with Crippen molar-refractivity contribution in [2.24, 2.45) is 56.7 Å². The lowest BCUT2D eigenvalue weighted by Crippen LogP contribution is -2.67. The second kappa shape index (κ2) is 9.08. The van der Waals surface area contributed by atoms with Crippen molar-refractivity contribution in [1.82, 2.24) is 0 Å². The van der Waals surface area contributed by atoms with Gasteiger partial charge in [-0.15, -0.1) is 0 Å². The molecule has 5 fully saturated rings. The van der Waals surface area contributed by atoms with Gasteiger partial charge in [0, 0.05) is 6.92 Å². The maximum absolute atomic E-state index is 13.8. The maximum Gasteiger partial charge on any atom is 0.315 e. The van der Waals surface area contributed by atoms with Crippen molar-refractivity contribution in [1.29, 1.82) is 0 Å². The number of ether oxygens (including phenoxy) is 2. The highest BCUT2D eigenvalue weighted by atomic mass is 16.7. The summed E-state index contributed by atoms with van der Waals surface area (Å²) < 4.78 is 10.7. The lowest BCUT2D eigenvalue weighted by Gasteiger charge is -2.72. The van der Waals surface area contributed by atoms with Crippen LogP contribution in [0.25, 0.3) is 0 Å². The monoisotopic (exact) mass is 528 g/mol. The molecule has 5 aliphatic rings. The third kappa shape index (κ3) is 3.65. The minimum atomic E-state index is -0.505. The largest absolute Gasteiger partial charge is 0.428 e. The average Bonchev–Trinajstić information content (AvgIpc) is 3.23. The van der Waals surface area contributed by atoms with Gasteiger partial charge in [0.25, 0.3) is 0 Å². The molecule has 5 heteroatoms. The Hall–Kier alpha value is -1.36. The maximum atomic E-state index is 13.8. The summed E-state index contributed by atoms with van der Waals surface area (Å²) in [5.74, 6) is 1.60. The number of aliphatic hydroxyl groups is 1. The van der Waals surface area contributed by atoms with E-state index in [0.29, 0.717) is 23.7 Å². The highest BCUT2D eigenvalue weighted by Gasteiger charge is 2.72. The van der Waals surface area contributed by atoms with Crippen LogP contribution in [0.15, 0.2) is 12.2 Å². The van der Waals surface area contributed by atoms with E-state index in [1.54, 1.807) is 0 Å². The number of carbonyl (C=O) groups is 2. The van der Waals surface area contributed by atoms with Crippen molar-refractivity contribution >= 4 is 11.9 Å². The van der Waals surface area contributed by atoms with Crippen molar-refractivity contribution in [2.45, 2.75) is 119 Å². The van der Waals surface area contributed by atoms with Crippen molar-refractivity contribution in [3.8, 4) is 0 Å². The lowest BCUT2D eigenvalue weighted by molar-refractivity contribution is -0.249. The number of carbonyl (C=O) groups excluding carboxylic acids is 2. The van der Waals surface area contributed by atoms with Gasteiger partial charge in [-0.3, -0.25) is 9.59 Å². The van der Waals surface area contributed by atoms with E-state index in [-0.39, 0.29) is 46.4 Å². The zero-order valence-electron chi connectivity index (χ0n) is 25.0. The topological polar surface area (TPSA) is 72.8 Å². The second-order valence-electron chi connectivity index (χ2n) is 15.4. The Morgan fingerprint density at radius 3 is 2.18 bits per heavy atom. The van der Waals surface area contributed by atoms with E-state index in [0.717, 1.165) is 44.9 Å². The van der Waals surface area contributed by atoms with Gasteiger partial charge in [0.15, 0.2) is 0 Å². The first-order valence-corrected chi connectivity index (χ1v) is 15.3. The molecule has 0 unspecified atom stereocenters. The summed E-state index contributed by atoms with van der Waals surface area (Å²) >= 11 is 0. The van der Waals surface area contributed by atoms with Crippen molar-refractivity contribution < 1.29 is 24.2 Å². The van der Waals surface area contributed by atoms with Crippen molar-refractivity contribution in [2.75, 3.05) is 6.79 Å². The Morgan fingerprint density at radius 2 is 1.53 bits per heavy atom. The van der Waals surface area contributed by atoms with Crippen molar-refractivity contribution in [3.63, 3.8) is 0 Å². The molecule has 5 saturated carbocycles. The summed E-state index contributed by atoms with van der Waals surface area (Å²) in [6.45, 7) is 19.9. The van der Waals surface area contributed by atoms with Crippen LogP contribution in [-0.2, 0) is 19.1 Å². The third-order valence-corrected chi connectivity index (χ3v) is 13.9. The molecule has 0 amide bonds. The van der Waals surface area contributed by atoms with Gasteiger partial charge in [-0.2, -0.15) is 0 Å². The fourth-order valence-corrected chi connectivity index (χ4v) is 11.8. The number of aliphatic hydroxyl groups excluding tert-OH is 1. The fraction of sp³-hybridized carbons (Fsp3) is 0.879. The molecule has 5 nitrogen and oxygen atoms in total. The summed E-state index contributed by atoms with van der Waals surface area (Å²) in [7, 11) is 0. The lowest BCUT2D eigenvalue weighted by atomic mass is 9.32. The molecule has 0 spiro atoms. The van der Waals surface area contributed by atoms with Gasteiger partial charge in [-0.1, -0.05) is 46.8 Å². The number of hydrogen-bond acceptors (Lipinski definition) is 5. The SMILES string of the molecule is C=C(C)[C@@H]1CC[C@]2(C(=O)OCOC(C)=O)CC[C@]3(C)[C@H](CC[C@@H]4[C@@]5(C)CC[C@@H](O)C(C)(C)[C@@H]5CC[C@]43C)[C@@H]12. The quantitative estimate of drug-likeness (QED) is 0.240. The van der Waals surface area contributed by atoms with Crippen LogP contribution >= 0.6 is 0 Å². The predicted molar refractivity (Wildman–Crippen MR) is 148 cm³/mol. The number of esters is 2. The molecule has 0 aliphatic heterocycles. The van der Waals surface area contributed by atoms with E-state index in [1.165, 1.54) is 31.8 Å². The highest BCUT2D eigenvalue weighted by molar-refractivity contribution is 5.78. The van der Waals surface area contributed by atoms with Crippen LogP contribution in [-0.4, -0.2) is 29.9 Å². The Kier molecular flexibility index (Phi) is 6.73. The molecule has 214 valence electrons. The molecule has 0 radical (unpaired) electrons. The van der Waals surface area contributed by atoms with Crippen LogP contribution in [0.5, 0.6) is 0 Å². The molecule has 1 N–H and O–H groups in total. The molecule has 0 aromatic rings. The minimum absolute atomic E-state index is 0.0456. The smallest absolute Gasteiger partial charge is 0.315 e. The van der Waals surface area contributed by atoms with Crippen LogP contribution in [0, 0.1) is 56.7 Å². The zero-order valence-corrected chi connectivity index (χ0v) is 25.0. The van der Waals surface area contributed by atoms with Gasteiger partial charge in [0.05, 0.1) is 11.5 Å². The van der Waals surface area contributed by atoms with Gasteiger partial charge in [-0.25, -0.2) is 0 Å². The van der Waals surface area contributed by atoms with Crippen LogP contribution in [0.4, 0.5) is 0 Å². The molecule has 0 saturated heterocycles. The van der Waals surface area contributed by atoms with E-state index in [9.17, 15) is 14.7 Å². The molecule has 5 rings (SSSR count). The van der Waals surface area contributed by atoms with Gasteiger partial charge < -0.3 is 14.6 Å². The summed E-state index contributed by atoms with van der Waals surface area (Å²) in [4.78, 5) is 25.1. The Labute approximate surface area is 230 Å². The van der Waals surface area contributed by atoms with Crippen LogP contribution < -0.4 is 0 Å². The molecular weight excluding hydrogens is 476 g/mol. The van der Waals surface area contributed by atoms with E-state index < -0.39 is 11.4 Å².